The maximum atomic E-state index is 13.1. The first-order valence-electron chi connectivity index (χ1n) is 9.37. The van der Waals surface area contributed by atoms with E-state index in [2.05, 4.69) is 21.3 Å². The zero-order valence-electron chi connectivity index (χ0n) is 16.8. The van der Waals surface area contributed by atoms with Crippen molar-refractivity contribution in [3.05, 3.63) is 53.1 Å². The highest BCUT2D eigenvalue weighted by atomic mass is 19.1. The Labute approximate surface area is 164 Å². The lowest BCUT2D eigenvalue weighted by Crippen LogP contribution is -2.47. The molecule has 8 heteroatoms. The summed E-state index contributed by atoms with van der Waals surface area (Å²) in [5, 5.41) is 7.20. The number of aromatic nitrogens is 2. The van der Waals surface area contributed by atoms with E-state index in [4.69, 9.17) is 0 Å². The van der Waals surface area contributed by atoms with Crippen molar-refractivity contribution in [2.75, 3.05) is 6.54 Å². The van der Waals surface area contributed by atoms with Crippen molar-refractivity contribution in [1.29, 1.82) is 0 Å². The summed E-state index contributed by atoms with van der Waals surface area (Å²) in [5.74, 6) is -0.799. The molecule has 0 aliphatic heterocycles. The van der Waals surface area contributed by atoms with Gasteiger partial charge in [-0.05, 0) is 30.2 Å². The summed E-state index contributed by atoms with van der Waals surface area (Å²) in [7, 11) is 0. The summed E-state index contributed by atoms with van der Waals surface area (Å²) in [6, 6.07) is 7.26. The van der Waals surface area contributed by atoms with Crippen molar-refractivity contribution in [2.24, 2.45) is 0 Å². The third-order valence-electron chi connectivity index (χ3n) is 4.13. The number of nitrogens with zero attached hydrogens (tertiary/aromatic N) is 2. The summed E-state index contributed by atoms with van der Waals surface area (Å²) in [6.07, 6.45) is 1.82. The third kappa shape index (κ3) is 6.07. The maximum Gasteiger partial charge on any atom is 0.333 e. The molecule has 1 heterocycles. The van der Waals surface area contributed by atoms with Gasteiger partial charge in [0, 0.05) is 12.0 Å². The van der Waals surface area contributed by atoms with Crippen molar-refractivity contribution >= 4 is 11.9 Å². The van der Waals surface area contributed by atoms with Crippen molar-refractivity contribution in [1.82, 2.24) is 25.9 Å². The van der Waals surface area contributed by atoms with Crippen molar-refractivity contribution in [3.8, 4) is 0 Å². The fraction of sp³-hybridized carbons (Fsp3) is 0.450. The van der Waals surface area contributed by atoms with Crippen LogP contribution in [0.2, 0.25) is 0 Å². The average molecular weight is 389 g/mol. The van der Waals surface area contributed by atoms with Crippen LogP contribution in [0.3, 0.4) is 0 Å². The SMILES string of the molecule is CCCCNC(=O)NNC(=O)c1cc(C(C)(C)C)nn1Cc1ccc(F)cc1. The molecule has 0 saturated carbocycles. The fourth-order valence-corrected chi connectivity index (χ4v) is 2.45. The number of hydrogen-bond acceptors (Lipinski definition) is 3. The van der Waals surface area contributed by atoms with Crippen LogP contribution in [0, 0.1) is 5.82 Å². The van der Waals surface area contributed by atoms with Crippen LogP contribution in [-0.4, -0.2) is 28.3 Å². The van der Waals surface area contributed by atoms with Gasteiger partial charge in [-0.25, -0.2) is 14.6 Å². The summed E-state index contributed by atoms with van der Waals surface area (Å²) < 4.78 is 14.7. The molecule has 3 amide bonds. The molecule has 0 fully saturated rings. The molecule has 2 rings (SSSR count). The zero-order valence-corrected chi connectivity index (χ0v) is 16.8. The van der Waals surface area contributed by atoms with Gasteiger partial charge in [0.15, 0.2) is 0 Å². The topological polar surface area (TPSA) is 88.1 Å². The number of hydrazine groups is 1. The van der Waals surface area contributed by atoms with Gasteiger partial charge in [0.05, 0.1) is 12.2 Å². The third-order valence-corrected chi connectivity index (χ3v) is 4.13. The number of rotatable bonds is 6. The van der Waals surface area contributed by atoms with Crippen molar-refractivity contribution in [2.45, 2.75) is 52.5 Å². The fourth-order valence-electron chi connectivity index (χ4n) is 2.45. The van der Waals surface area contributed by atoms with Gasteiger partial charge in [-0.3, -0.25) is 14.9 Å². The predicted molar refractivity (Wildman–Crippen MR) is 105 cm³/mol. The van der Waals surface area contributed by atoms with E-state index in [-0.39, 0.29) is 11.2 Å². The molecule has 3 N–H and O–H groups in total. The van der Waals surface area contributed by atoms with Gasteiger partial charge >= 0.3 is 6.03 Å². The highest BCUT2D eigenvalue weighted by Gasteiger charge is 2.23. The predicted octanol–water partition coefficient (Wildman–Crippen LogP) is 3.11. The Morgan fingerprint density at radius 1 is 1.14 bits per heavy atom. The van der Waals surface area contributed by atoms with E-state index in [0.29, 0.717) is 18.8 Å². The Bertz CT molecular complexity index is 809. The Kier molecular flexibility index (Phi) is 7.14. The average Bonchev–Trinajstić information content (AvgIpc) is 3.06. The number of unbranched alkanes of at least 4 members (excludes halogenated alkanes) is 1. The van der Waals surface area contributed by atoms with Gasteiger partial charge in [-0.15, -0.1) is 0 Å². The van der Waals surface area contributed by atoms with Crippen LogP contribution in [0.5, 0.6) is 0 Å². The molecule has 7 nitrogen and oxygen atoms in total. The van der Waals surface area contributed by atoms with Gasteiger partial charge in [0.2, 0.25) is 0 Å². The molecule has 152 valence electrons. The first-order valence-corrected chi connectivity index (χ1v) is 9.37. The summed E-state index contributed by atoms with van der Waals surface area (Å²) in [4.78, 5) is 24.3. The molecule has 28 heavy (non-hydrogen) atoms. The van der Waals surface area contributed by atoms with E-state index in [1.54, 1.807) is 22.9 Å². The van der Waals surface area contributed by atoms with Crippen LogP contribution in [0.4, 0.5) is 9.18 Å². The monoisotopic (exact) mass is 389 g/mol. The molecule has 1 aromatic heterocycles. The number of carbonyl (C=O) groups excluding carboxylic acids is 2. The van der Waals surface area contributed by atoms with Gasteiger partial charge in [0.1, 0.15) is 11.5 Å². The normalized spacial score (nSPS) is 11.2. The molecule has 0 saturated heterocycles. The molecule has 2 aromatic rings. The maximum absolute atomic E-state index is 13.1. The summed E-state index contributed by atoms with van der Waals surface area (Å²) >= 11 is 0. The first-order chi connectivity index (χ1) is 13.2. The molecule has 1 aromatic carbocycles. The Hall–Kier alpha value is -2.90. The van der Waals surface area contributed by atoms with Crippen LogP contribution < -0.4 is 16.2 Å². The van der Waals surface area contributed by atoms with E-state index in [0.717, 1.165) is 24.1 Å². The van der Waals surface area contributed by atoms with Crippen LogP contribution in [0.15, 0.2) is 30.3 Å². The minimum Gasteiger partial charge on any atom is -0.337 e. The number of nitrogens with one attached hydrogen (secondary N) is 3. The molecule has 0 bridgehead atoms. The quantitative estimate of drug-likeness (QED) is 0.524. The summed E-state index contributed by atoms with van der Waals surface area (Å²) in [6.45, 7) is 8.86. The van der Waals surface area contributed by atoms with E-state index in [1.807, 2.05) is 27.7 Å². The molecular formula is C20H28FN5O2. The molecule has 0 aliphatic rings. The second kappa shape index (κ2) is 9.34. The van der Waals surface area contributed by atoms with E-state index in [9.17, 15) is 14.0 Å². The van der Waals surface area contributed by atoms with Crippen molar-refractivity contribution in [3.63, 3.8) is 0 Å². The zero-order chi connectivity index (χ0) is 20.7. The highest BCUT2D eigenvalue weighted by Crippen LogP contribution is 2.22. The Balaban J connectivity index is 2.14. The van der Waals surface area contributed by atoms with Crippen molar-refractivity contribution < 1.29 is 14.0 Å². The van der Waals surface area contributed by atoms with Crippen LogP contribution >= 0.6 is 0 Å². The number of amides is 3. The van der Waals surface area contributed by atoms with Crippen LogP contribution in [0.1, 0.15) is 62.3 Å². The molecule has 0 spiro atoms. The molecule has 0 radical (unpaired) electrons. The molecule has 0 aliphatic carbocycles. The largest absolute Gasteiger partial charge is 0.337 e. The van der Waals surface area contributed by atoms with E-state index in [1.165, 1.54) is 12.1 Å². The highest BCUT2D eigenvalue weighted by molar-refractivity contribution is 5.94. The number of halogens is 1. The second-order valence-electron chi connectivity index (χ2n) is 7.64. The van der Waals surface area contributed by atoms with Gasteiger partial charge in [-0.1, -0.05) is 46.2 Å². The number of hydrogen-bond donors (Lipinski definition) is 3. The Morgan fingerprint density at radius 2 is 1.82 bits per heavy atom. The van der Waals surface area contributed by atoms with Crippen LogP contribution in [0.25, 0.3) is 0 Å². The smallest absolute Gasteiger partial charge is 0.333 e. The first kappa shape index (κ1) is 21.4. The standard InChI is InChI=1S/C20H28FN5O2/c1-5-6-11-22-19(28)24-23-18(27)16-12-17(20(2,3)4)25-26(16)13-14-7-9-15(21)10-8-14/h7-10,12H,5-6,11,13H2,1-4H3,(H,23,27)(H2,22,24,28). The number of benzene rings is 1. The molecule has 0 atom stereocenters. The molecule has 0 unspecified atom stereocenters. The lowest BCUT2D eigenvalue weighted by Gasteiger charge is -2.14. The number of carbonyl (C=O) groups is 2. The second-order valence-corrected chi connectivity index (χ2v) is 7.64. The lowest BCUT2D eigenvalue weighted by molar-refractivity contribution is 0.0926. The summed E-state index contributed by atoms with van der Waals surface area (Å²) in [5.41, 5.74) is 6.35. The van der Waals surface area contributed by atoms with E-state index >= 15 is 0 Å². The van der Waals surface area contributed by atoms with Gasteiger partial charge in [0.25, 0.3) is 5.91 Å². The van der Waals surface area contributed by atoms with Crippen LogP contribution in [-0.2, 0) is 12.0 Å². The number of urea groups is 1. The minimum atomic E-state index is -0.476. The molecular weight excluding hydrogens is 361 g/mol. The Morgan fingerprint density at radius 3 is 2.43 bits per heavy atom. The minimum absolute atomic E-state index is 0.256. The van der Waals surface area contributed by atoms with Gasteiger partial charge < -0.3 is 5.32 Å². The lowest BCUT2D eigenvalue weighted by atomic mass is 9.92. The van der Waals surface area contributed by atoms with E-state index < -0.39 is 11.9 Å². The van der Waals surface area contributed by atoms with Gasteiger partial charge in [-0.2, -0.15) is 5.10 Å².